The van der Waals surface area contributed by atoms with Crippen LogP contribution in [-0.4, -0.2) is 5.97 Å². The van der Waals surface area contributed by atoms with Gasteiger partial charge in [-0.25, -0.2) is 0 Å². The first kappa shape index (κ1) is 13.8. The van der Waals surface area contributed by atoms with Crippen molar-refractivity contribution in [1.29, 1.82) is 0 Å². The van der Waals surface area contributed by atoms with Gasteiger partial charge in [0, 0.05) is 6.42 Å². The summed E-state index contributed by atoms with van der Waals surface area (Å²) in [5.41, 5.74) is 1.08. The van der Waals surface area contributed by atoms with Crippen molar-refractivity contribution in [1.82, 2.24) is 0 Å². The van der Waals surface area contributed by atoms with Gasteiger partial charge in [0.15, 0.2) is 0 Å². The van der Waals surface area contributed by atoms with Crippen LogP contribution in [0.5, 0.6) is 0 Å². The zero-order chi connectivity index (χ0) is 12.5. The summed E-state index contributed by atoms with van der Waals surface area (Å²) >= 11 is 0. The smallest absolute Gasteiger partial charge is 0.306 e. The van der Waals surface area contributed by atoms with Gasteiger partial charge in [-0.2, -0.15) is 0 Å². The highest BCUT2D eigenvalue weighted by atomic mass is 16.5. The Morgan fingerprint density at radius 3 is 2.47 bits per heavy atom. The van der Waals surface area contributed by atoms with Gasteiger partial charge < -0.3 is 4.74 Å². The molecule has 0 amide bonds. The maximum absolute atomic E-state index is 11.6. The lowest BCUT2D eigenvalue weighted by Crippen LogP contribution is -2.10. The molecule has 2 nitrogen and oxygen atoms in total. The van der Waals surface area contributed by atoms with Gasteiger partial charge >= 0.3 is 5.97 Å². The predicted octanol–water partition coefficient (Wildman–Crippen LogP) is 4.26. The Bertz CT molecular complexity index is 319. The van der Waals surface area contributed by atoms with Crippen LogP contribution in [0.4, 0.5) is 0 Å². The number of hydrogen-bond donors (Lipinski definition) is 0. The first-order chi connectivity index (χ1) is 8.27. The number of carbonyl (C=O) groups is 1. The summed E-state index contributed by atoms with van der Waals surface area (Å²) in [5.74, 6) is -0.0749. The van der Waals surface area contributed by atoms with Crippen LogP contribution in [0, 0.1) is 0 Å². The molecule has 0 N–H and O–H groups in total. The largest absolute Gasteiger partial charge is 0.457 e. The first-order valence-electron chi connectivity index (χ1n) is 6.52. The van der Waals surface area contributed by atoms with Crippen LogP contribution in [0.15, 0.2) is 30.3 Å². The highest BCUT2D eigenvalue weighted by Crippen LogP contribution is 2.21. The van der Waals surface area contributed by atoms with Crippen LogP contribution in [0.3, 0.4) is 0 Å². The molecule has 0 unspecified atom stereocenters. The van der Waals surface area contributed by atoms with Crippen molar-refractivity contribution >= 4 is 5.97 Å². The summed E-state index contributed by atoms with van der Waals surface area (Å²) in [6, 6.07) is 9.94. The molecule has 94 valence electrons. The van der Waals surface area contributed by atoms with E-state index in [1.165, 1.54) is 0 Å². The number of unbranched alkanes of at least 4 members (excludes halogenated alkanes) is 2. The third-order valence-electron chi connectivity index (χ3n) is 2.80. The second-order valence-corrected chi connectivity index (χ2v) is 4.25. The number of benzene rings is 1. The maximum Gasteiger partial charge on any atom is 0.306 e. The fraction of sp³-hybridized carbons (Fsp3) is 0.533. The maximum atomic E-state index is 11.6. The number of carbonyl (C=O) groups excluding carboxylic acids is 1. The van der Waals surface area contributed by atoms with E-state index in [-0.39, 0.29) is 12.1 Å². The standard InChI is InChI=1S/C15H22O2/c1-3-5-7-12-15(16)17-14(4-2)13-10-8-6-9-11-13/h6,8-11,14H,3-5,7,12H2,1-2H3/t14-/m1/s1. The lowest BCUT2D eigenvalue weighted by Gasteiger charge is -2.16. The van der Waals surface area contributed by atoms with E-state index in [2.05, 4.69) is 6.92 Å². The predicted molar refractivity (Wildman–Crippen MR) is 69.7 cm³/mol. The molecule has 0 saturated carbocycles. The number of ether oxygens (including phenoxy) is 1. The topological polar surface area (TPSA) is 26.3 Å². The van der Waals surface area contributed by atoms with E-state index in [0.717, 1.165) is 31.2 Å². The van der Waals surface area contributed by atoms with E-state index in [0.29, 0.717) is 6.42 Å². The molecule has 0 radical (unpaired) electrons. The van der Waals surface area contributed by atoms with E-state index >= 15 is 0 Å². The van der Waals surface area contributed by atoms with Crippen LogP contribution in [0.2, 0.25) is 0 Å². The minimum Gasteiger partial charge on any atom is -0.457 e. The third kappa shape index (κ3) is 5.03. The van der Waals surface area contributed by atoms with Crippen LogP contribution in [0.25, 0.3) is 0 Å². The minimum absolute atomic E-state index is 0.0749. The molecule has 0 aromatic heterocycles. The lowest BCUT2D eigenvalue weighted by atomic mass is 10.1. The molecular formula is C15H22O2. The second-order valence-electron chi connectivity index (χ2n) is 4.25. The summed E-state index contributed by atoms with van der Waals surface area (Å²) < 4.78 is 5.49. The molecule has 2 heteroatoms. The summed E-state index contributed by atoms with van der Waals surface area (Å²) in [5, 5.41) is 0. The Labute approximate surface area is 104 Å². The van der Waals surface area contributed by atoms with Gasteiger partial charge in [-0.05, 0) is 18.4 Å². The molecule has 0 fully saturated rings. The normalized spacial score (nSPS) is 12.1. The minimum atomic E-state index is -0.0923. The van der Waals surface area contributed by atoms with E-state index in [1.54, 1.807) is 0 Å². The van der Waals surface area contributed by atoms with E-state index in [4.69, 9.17) is 4.74 Å². The molecule has 0 aliphatic rings. The average molecular weight is 234 g/mol. The lowest BCUT2D eigenvalue weighted by molar-refractivity contribution is -0.149. The fourth-order valence-electron chi connectivity index (χ4n) is 1.79. The molecule has 1 rings (SSSR count). The zero-order valence-electron chi connectivity index (χ0n) is 10.8. The molecular weight excluding hydrogens is 212 g/mol. The summed E-state index contributed by atoms with van der Waals surface area (Å²) in [6.45, 7) is 4.17. The fourth-order valence-corrected chi connectivity index (χ4v) is 1.79. The summed E-state index contributed by atoms with van der Waals surface area (Å²) in [6.07, 6.45) is 4.42. The molecule has 0 saturated heterocycles. The molecule has 0 spiro atoms. The summed E-state index contributed by atoms with van der Waals surface area (Å²) in [4.78, 5) is 11.6. The molecule has 0 aliphatic heterocycles. The Morgan fingerprint density at radius 1 is 1.18 bits per heavy atom. The average Bonchev–Trinajstić information content (AvgIpc) is 2.37. The highest BCUT2D eigenvalue weighted by Gasteiger charge is 2.13. The van der Waals surface area contributed by atoms with E-state index in [9.17, 15) is 4.79 Å². The molecule has 0 bridgehead atoms. The molecule has 1 atom stereocenters. The van der Waals surface area contributed by atoms with Gasteiger partial charge in [0.05, 0.1) is 0 Å². The van der Waals surface area contributed by atoms with Crippen LogP contribution in [0.1, 0.15) is 57.6 Å². The van der Waals surface area contributed by atoms with Crippen molar-refractivity contribution in [3.8, 4) is 0 Å². The molecule has 1 aromatic rings. The first-order valence-corrected chi connectivity index (χ1v) is 6.52. The Hall–Kier alpha value is -1.31. The number of rotatable bonds is 7. The third-order valence-corrected chi connectivity index (χ3v) is 2.80. The van der Waals surface area contributed by atoms with Crippen LogP contribution < -0.4 is 0 Å². The van der Waals surface area contributed by atoms with Crippen LogP contribution >= 0.6 is 0 Å². The molecule has 0 heterocycles. The van der Waals surface area contributed by atoms with Gasteiger partial charge in [0.25, 0.3) is 0 Å². The van der Waals surface area contributed by atoms with Crippen molar-refractivity contribution < 1.29 is 9.53 Å². The van der Waals surface area contributed by atoms with E-state index < -0.39 is 0 Å². The van der Waals surface area contributed by atoms with Crippen molar-refractivity contribution in [3.05, 3.63) is 35.9 Å². The van der Waals surface area contributed by atoms with Crippen molar-refractivity contribution in [2.24, 2.45) is 0 Å². The molecule has 1 aromatic carbocycles. The Balaban J connectivity index is 2.44. The summed E-state index contributed by atoms with van der Waals surface area (Å²) in [7, 11) is 0. The second kappa shape index (κ2) is 7.88. The number of esters is 1. The van der Waals surface area contributed by atoms with Crippen molar-refractivity contribution in [3.63, 3.8) is 0 Å². The van der Waals surface area contributed by atoms with Crippen molar-refractivity contribution in [2.75, 3.05) is 0 Å². The van der Waals surface area contributed by atoms with Crippen LogP contribution in [-0.2, 0) is 9.53 Å². The van der Waals surface area contributed by atoms with E-state index in [1.807, 2.05) is 37.3 Å². The highest BCUT2D eigenvalue weighted by molar-refractivity contribution is 5.69. The van der Waals surface area contributed by atoms with Gasteiger partial charge in [-0.3, -0.25) is 4.79 Å². The number of hydrogen-bond acceptors (Lipinski definition) is 2. The Kier molecular flexibility index (Phi) is 6.38. The van der Waals surface area contributed by atoms with Gasteiger partial charge in [0.1, 0.15) is 6.10 Å². The molecule has 17 heavy (non-hydrogen) atoms. The zero-order valence-corrected chi connectivity index (χ0v) is 10.8. The Morgan fingerprint density at radius 2 is 1.88 bits per heavy atom. The van der Waals surface area contributed by atoms with Crippen molar-refractivity contribution in [2.45, 2.75) is 52.1 Å². The monoisotopic (exact) mass is 234 g/mol. The quantitative estimate of drug-likeness (QED) is 0.520. The van der Waals surface area contributed by atoms with Gasteiger partial charge in [-0.1, -0.05) is 57.0 Å². The molecule has 0 aliphatic carbocycles. The van der Waals surface area contributed by atoms with Gasteiger partial charge in [-0.15, -0.1) is 0 Å². The van der Waals surface area contributed by atoms with Gasteiger partial charge in [0.2, 0.25) is 0 Å². The SMILES string of the molecule is CCCCCC(=O)O[C@H](CC)c1ccccc1.